The Morgan fingerprint density at radius 2 is 1.72 bits per heavy atom. The molecule has 0 unspecified atom stereocenters. The van der Waals surface area contributed by atoms with Gasteiger partial charge in [0.2, 0.25) is 0 Å². The fourth-order valence-electron chi connectivity index (χ4n) is 2.68. The molecule has 2 N–H and O–H groups in total. The van der Waals surface area contributed by atoms with Gasteiger partial charge in [-0.05, 0) is 29.3 Å². The van der Waals surface area contributed by atoms with Crippen molar-refractivity contribution in [2.24, 2.45) is 0 Å². The number of anilines is 1. The van der Waals surface area contributed by atoms with Crippen LogP contribution in [0.5, 0.6) is 0 Å². The average Bonchev–Trinajstić information content (AvgIpc) is 2.59. The van der Waals surface area contributed by atoms with Gasteiger partial charge in [0.15, 0.2) is 11.6 Å². The van der Waals surface area contributed by atoms with Gasteiger partial charge in [0.1, 0.15) is 0 Å². The van der Waals surface area contributed by atoms with Gasteiger partial charge in [0.05, 0.1) is 16.8 Å². The van der Waals surface area contributed by atoms with E-state index in [9.17, 15) is 13.6 Å². The Balaban J connectivity index is 1.78. The zero-order chi connectivity index (χ0) is 18.0. The third-order valence-corrected chi connectivity index (χ3v) is 4.21. The van der Waals surface area contributed by atoms with Crippen LogP contribution in [0.25, 0.3) is 10.8 Å². The third-order valence-electron chi connectivity index (χ3n) is 3.90. The van der Waals surface area contributed by atoms with Crippen molar-refractivity contribution in [3.8, 4) is 0 Å². The third kappa shape index (κ3) is 3.72. The van der Waals surface area contributed by atoms with Crippen molar-refractivity contribution in [3.63, 3.8) is 0 Å². The maximum absolute atomic E-state index is 13.3. The molecular formula is C19H15ClF2N2O. The minimum absolute atomic E-state index is 0.00295. The summed E-state index contributed by atoms with van der Waals surface area (Å²) in [5.41, 5.74) is 0.952. The lowest BCUT2D eigenvalue weighted by Gasteiger charge is -2.17. The van der Waals surface area contributed by atoms with E-state index >= 15 is 0 Å². The lowest BCUT2D eigenvalue weighted by molar-refractivity contribution is 0.249. The molecule has 0 heterocycles. The highest BCUT2D eigenvalue weighted by atomic mass is 35.5. The molecule has 0 radical (unpaired) electrons. The fourth-order valence-corrected chi connectivity index (χ4v) is 2.88. The summed E-state index contributed by atoms with van der Waals surface area (Å²) in [6.07, 6.45) is 0. The second-order valence-corrected chi connectivity index (χ2v) is 6.04. The molecule has 2 amide bonds. The van der Waals surface area contributed by atoms with Crippen molar-refractivity contribution in [3.05, 3.63) is 76.8 Å². The monoisotopic (exact) mass is 360 g/mol. The van der Waals surface area contributed by atoms with Crippen LogP contribution in [-0.2, 0) is 0 Å². The number of carbonyl (C=O) groups excluding carboxylic acids is 1. The molecular weight excluding hydrogens is 346 g/mol. The minimum Gasteiger partial charge on any atom is -0.331 e. The van der Waals surface area contributed by atoms with Gasteiger partial charge < -0.3 is 10.6 Å². The molecule has 0 bridgehead atoms. The maximum atomic E-state index is 13.3. The molecule has 3 rings (SSSR count). The molecule has 0 aromatic heterocycles. The van der Waals surface area contributed by atoms with Crippen LogP contribution in [0.4, 0.5) is 19.3 Å². The van der Waals surface area contributed by atoms with Crippen LogP contribution in [0.2, 0.25) is 5.02 Å². The Morgan fingerprint density at radius 1 is 1.04 bits per heavy atom. The van der Waals surface area contributed by atoms with Crippen molar-refractivity contribution in [1.29, 1.82) is 0 Å². The molecule has 6 heteroatoms. The zero-order valence-corrected chi connectivity index (χ0v) is 14.1. The van der Waals surface area contributed by atoms with Gasteiger partial charge in [-0.1, -0.05) is 54.1 Å². The summed E-state index contributed by atoms with van der Waals surface area (Å²) < 4.78 is 26.4. The first-order valence-electron chi connectivity index (χ1n) is 7.65. The quantitative estimate of drug-likeness (QED) is 0.582. The molecule has 128 valence electrons. The van der Waals surface area contributed by atoms with Crippen molar-refractivity contribution >= 4 is 34.1 Å². The van der Waals surface area contributed by atoms with Crippen LogP contribution in [0.1, 0.15) is 18.5 Å². The number of hydrogen-bond donors (Lipinski definition) is 2. The molecule has 3 aromatic rings. The largest absolute Gasteiger partial charge is 0.331 e. The van der Waals surface area contributed by atoms with Gasteiger partial charge in [-0.3, -0.25) is 0 Å². The summed E-state index contributed by atoms with van der Waals surface area (Å²) in [6.45, 7) is 1.84. The van der Waals surface area contributed by atoms with Crippen molar-refractivity contribution in [2.45, 2.75) is 13.0 Å². The standard InChI is InChI=1S/C19H15ClF2N2O/c1-11(13-8-4-6-12-5-2-3-7-14(12)13)23-19(25)24-18-10-17(22)16(21)9-15(18)20/h2-11H,1H3,(H2,23,24,25)/t11-/m0/s1. The van der Waals surface area contributed by atoms with E-state index in [0.717, 1.165) is 28.5 Å². The highest BCUT2D eigenvalue weighted by Gasteiger charge is 2.15. The van der Waals surface area contributed by atoms with Crippen LogP contribution >= 0.6 is 11.6 Å². The molecule has 0 aliphatic rings. The Morgan fingerprint density at radius 3 is 2.52 bits per heavy atom. The predicted molar refractivity (Wildman–Crippen MR) is 95.9 cm³/mol. The van der Waals surface area contributed by atoms with E-state index in [4.69, 9.17) is 11.6 Å². The van der Waals surface area contributed by atoms with E-state index in [0.29, 0.717) is 0 Å². The van der Waals surface area contributed by atoms with Crippen LogP contribution < -0.4 is 10.6 Å². The SMILES string of the molecule is C[C@H](NC(=O)Nc1cc(F)c(F)cc1Cl)c1cccc2ccccc12. The molecule has 0 saturated carbocycles. The zero-order valence-electron chi connectivity index (χ0n) is 13.3. The summed E-state index contributed by atoms with van der Waals surface area (Å²) in [5, 5.41) is 7.23. The number of halogens is 3. The smallest absolute Gasteiger partial charge is 0.319 e. The van der Waals surface area contributed by atoms with Crippen LogP contribution in [0.15, 0.2) is 54.6 Å². The molecule has 0 saturated heterocycles. The summed E-state index contributed by atoms with van der Waals surface area (Å²) in [5.74, 6) is -2.15. The van der Waals surface area contributed by atoms with Gasteiger partial charge in [-0.25, -0.2) is 13.6 Å². The van der Waals surface area contributed by atoms with Crippen molar-refractivity contribution < 1.29 is 13.6 Å². The summed E-state index contributed by atoms with van der Waals surface area (Å²) >= 11 is 5.83. The lowest BCUT2D eigenvalue weighted by atomic mass is 10.00. The summed E-state index contributed by atoms with van der Waals surface area (Å²) in [6, 6.07) is 14.5. The lowest BCUT2D eigenvalue weighted by Crippen LogP contribution is -2.31. The van der Waals surface area contributed by atoms with Crippen molar-refractivity contribution in [2.75, 3.05) is 5.32 Å². The minimum atomic E-state index is -1.08. The number of rotatable bonds is 3. The van der Waals surface area contributed by atoms with E-state index in [2.05, 4.69) is 10.6 Å². The molecule has 25 heavy (non-hydrogen) atoms. The fraction of sp³-hybridized carbons (Fsp3) is 0.105. The topological polar surface area (TPSA) is 41.1 Å². The summed E-state index contributed by atoms with van der Waals surface area (Å²) in [7, 11) is 0. The second kappa shape index (κ2) is 7.07. The van der Waals surface area contributed by atoms with Gasteiger partial charge >= 0.3 is 6.03 Å². The van der Waals surface area contributed by atoms with E-state index in [1.165, 1.54) is 0 Å². The number of fused-ring (bicyclic) bond motifs is 1. The Kier molecular flexibility index (Phi) is 4.86. The number of nitrogens with one attached hydrogen (secondary N) is 2. The Hall–Kier alpha value is -2.66. The molecule has 3 nitrogen and oxygen atoms in total. The molecule has 3 aromatic carbocycles. The molecule has 0 fully saturated rings. The number of amides is 2. The number of carbonyl (C=O) groups is 1. The van der Waals surface area contributed by atoms with Gasteiger partial charge in [-0.2, -0.15) is 0 Å². The van der Waals surface area contributed by atoms with Gasteiger partial charge in [0, 0.05) is 6.07 Å². The number of benzene rings is 3. The molecule has 0 aliphatic heterocycles. The highest BCUT2D eigenvalue weighted by molar-refractivity contribution is 6.33. The molecule has 0 aliphatic carbocycles. The van der Waals surface area contributed by atoms with Crippen LogP contribution in [0, 0.1) is 11.6 Å². The highest BCUT2D eigenvalue weighted by Crippen LogP contribution is 2.26. The average molecular weight is 361 g/mol. The Bertz CT molecular complexity index is 941. The number of urea groups is 1. The van der Waals surface area contributed by atoms with Crippen molar-refractivity contribution in [1.82, 2.24) is 5.32 Å². The summed E-state index contributed by atoms with van der Waals surface area (Å²) in [4.78, 5) is 12.2. The van der Waals surface area contributed by atoms with E-state index in [-0.39, 0.29) is 16.8 Å². The second-order valence-electron chi connectivity index (χ2n) is 5.63. The van der Waals surface area contributed by atoms with Crippen LogP contribution in [0.3, 0.4) is 0 Å². The first-order valence-corrected chi connectivity index (χ1v) is 8.03. The van der Waals surface area contributed by atoms with Crippen LogP contribution in [-0.4, -0.2) is 6.03 Å². The predicted octanol–water partition coefficient (Wildman–Crippen LogP) is 5.65. The van der Waals surface area contributed by atoms with E-state index < -0.39 is 17.7 Å². The number of hydrogen-bond acceptors (Lipinski definition) is 1. The van der Waals surface area contributed by atoms with Gasteiger partial charge in [-0.15, -0.1) is 0 Å². The maximum Gasteiger partial charge on any atom is 0.319 e. The van der Waals surface area contributed by atoms with E-state index in [1.54, 1.807) is 0 Å². The Labute approximate surface area is 148 Å². The normalized spacial score (nSPS) is 12.0. The molecule has 0 spiro atoms. The van der Waals surface area contributed by atoms with Gasteiger partial charge in [0.25, 0.3) is 0 Å². The first-order chi connectivity index (χ1) is 12.0. The first kappa shape index (κ1) is 17.2. The van der Waals surface area contributed by atoms with E-state index in [1.807, 2.05) is 49.4 Å². The molecule has 1 atom stereocenters.